The molecule has 0 radical (unpaired) electrons. The summed E-state index contributed by atoms with van der Waals surface area (Å²) in [6.45, 7) is 2.00. The zero-order valence-corrected chi connectivity index (χ0v) is 12.6. The van der Waals surface area contributed by atoms with Gasteiger partial charge in [0.25, 0.3) is 0 Å². The van der Waals surface area contributed by atoms with E-state index in [1.807, 2.05) is 23.6 Å². The molecule has 0 saturated carbocycles. The summed E-state index contributed by atoms with van der Waals surface area (Å²) in [4.78, 5) is 4.73. The highest BCUT2D eigenvalue weighted by Crippen LogP contribution is 2.32. The summed E-state index contributed by atoms with van der Waals surface area (Å²) in [5.74, 6) is 0.647. The zero-order chi connectivity index (χ0) is 14.6. The molecule has 3 nitrogen and oxygen atoms in total. The number of halogens is 1. The Morgan fingerprint density at radius 2 is 2.00 bits per heavy atom. The van der Waals surface area contributed by atoms with Crippen LogP contribution in [0.25, 0.3) is 16.9 Å². The lowest BCUT2D eigenvalue weighted by Gasteiger charge is -2.03. The number of rotatable bonds is 1. The molecule has 1 aliphatic rings. The highest BCUT2D eigenvalue weighted by atomic mass is 35.5. The van der Waals surface area contributed by atoms with E-state index < -0.39 is 0 Å². The van der Waals surface area contributed by atoms with Gasteiger partial charge >= 0.3 is 0 Å². The van der Waals surface area contributed by atoms with Crippen molar-refractivity contribution in [3.63, 3.8) is 0 Å². The molecular formula is C17H16ClN3. The van der Waals surface area contributed by atoms with Gasteiger partial charge in [0.2, 0.25) is 0 Å². The number of nitrogens with zero attached hydrogens (tertiary/aromatic N) is 2. The second kappa shape index (κ2) is 4.50. The van der Waals surface area contributed by atoms with Gasteiger partial charge in [-0.1, -0.05) is 23.7 Å². The van der Waals surface area contributed by atoms with E-state index in [2.05, 4.69) is 18.2 Å². The number of nitrogens with two attached hydrogens (primary N) is 1. The first kappa shape index (κ1) is 12.7. The number of imidazole rings is 1. The molecule has 4 heteroatoms. The SMILES string of the molecule is Cc1cc(Cl)cn2c(N)c(-c3ccc4c(c3)CCC4)nc12. The monoisotopic (exact) mass is 297 g/mol. The van der Waals surface area contributed by atoms with Gasteiger partial charge in [-0.3, -0.25) is 4.40 Å². The Labute approximate surface area is 128 Å². The average molecular weight is 298 g/mol. The summed E-state index contributed by atoms with van der Waals surface area (Å²) >= 11 is 6.12. The van der Waals surface area contributed by atoms with Gasteiger partial charge in [-0.15, -0.1) is 0 Å². The number of fused-ring (bicyclic) bond motifs is 2. The van der Waals surface area contributed by atoms with Gasteiger partial charge in [-0.05, 0) is 55.0 Å². The Hall–Kier alpha value is -2.00. The first-order chi connectivity index (χ1) is 10.1. The minimum Gasteiger partial charge on any atom is -0.383 e. The fourth-order valence-corrected chi connectivity index (χ4v) is 3.48. The summed E-state index contributed by atoms with van der Waals surface area (Å²) in [6, 6.07) is 8.48. The maximum Gasteiger partial charge on any atom is 0.142 e. The van der Waals surface area contributed by atoms with Crippen LogP contribution in [0.3, 0.4) is 0 Å². The number of hydrogen-bond acceptors (Lipinski definition) is 2. The summed E-state index contributed by atoms with van der Waals surface area (Å²) in [7, 11) is 0. The molecule has 1 aliphatic carbocycles. The van der Waals surface area contributed by atoms with E-state index in [1.54, 1.807) is 0 Å². The van der Waals surface area contributed by atoms with Crippen LogP contribution in [0.2, 0.25) is 5.02 Å². The maximum absolute atomic E-state index is 6.30. The predicted molar refractivity (Wildman–Crippen MR) is 86.8 cm³/mol. The van der Waals surface area contributed by atoms with Crippen molar-refractivity contribution in [3.8, 4) is 11.3 Å². The summed E-state index contributed by atoms with van der Waals surface area (Å²) in [6.07, 6.45) is 5.41. The van der Waals surface area contributed by atoms with Crippen molar-refractivity contribution in [2.24, 2.45) is 0 Å². The van der Waals surface area contributed by atoms with Crippen LogP contribution in [0, 0.1) is 6.92 Å². The summed E-state index contributed by atoms with van der Waals surface area (Å²) < 4.78 is 1.88. The van der Waals surface area contributed by atoms with Gasteiger partial charge < -0.3 is 5.73 Å². The van der Waals surface area contributed by atoms with Gasteiger partial charge in [0.05, 0.1) is 5.02 Å². The van der Waals surface area contributed by atoms with E-state index in [0.29, 0.717) is 10.8 Å². The zero-order valence-electron chi connectivity index (χ0n) is 11.9. The molecule has 2 heterocycles. The largest absolute Gasteiger partial charge is 0.383 e. The van der Waals surface area contributed by atoms with Gasteiger partial charge in [0.15, 0.2) is 0 Å². The van der Waals surface area contributed by atoms with Crippen molar-refractivity contribution >= 4 is 23.1 Å². The number of hydrogen-bond donors (Lipinski definition) is 1. The number of benzene rings is 1. The van der Waals surface area contributed by atoms with E-state index in [9.17, 15) is 0 Å². The molecule has 21 heavy (non-hydrogen) atoms. The molecule has 0 bridgehead atoms. The lowest BCUT2D eigenvalue weighted by molar-refractivity contribution is 0.912. The quantitative estimate of drug-likeness (QED) is 0.737. The Morgan fingerprint density at radius 3 is 2.86 bits per heavy atom. The number of aromatic nitrogens is 2. The smallest absolute Gasteiger partial charge is 0.142 e. The average Bonchev–Trinajstić information content (AvgIpc) is 3.04. The summed E-state index contributed by atoms with van der Waals surface area (Å²) in [5.41, 5.74) is 13.0. The van der Waals surface area contributed by atoms with Crippen molar-refractivity contribution in [1.29, 1.82) is 0 Å². The third kappa shape index (κ3) is 1.92. The van der Waals surface area contributed by atoms with Crippen molar-refractivity contribution in [3.05, 3.63) is 52.2 Å². The molecule has 0 spiro atoms. The van der Waals surface area contributed by atoms with E-state index >= 15 is 0 Å². The highest BCUT2D eigenvalue weighted by Gasteiger charge is 2.16. The molecule has 0 atom stereocenters. The Kier molecular flexibility index (Phi) is 2.73. The Morgan fingerprint density at radius 1 is 1.19 bits per heavy atom. The van der Waals surface area contributed by atoms with Gasteiger partial charge in [0, 0.05) is 11.8 Å². The molecule has 0 amide bonds. The van der Waals surface area contributed by atoms with Crippen LogP contribution in [0.1, 0.15) is 23.1 Å². The minimum atomic E-state index is 0.647. The fraction of sp³-hybridized carbons (Fsp3) is 0.235. The molecule has 0 aliphatic heterocycles. The van der Waals surface area contributed by atoms with Crippen LogP contribution in [-0.4, -0.2) is 9.38 Å². The number of aryl methyl sites for hydroxylation is 3. The lowest BCUT2D eigenvalue weighted by Crippen LogP contribution is -1.95. The first-order valence-corrected chi connectivity index (χ1v) is 7.57. The topological polar surface area (TPSA) is 43.3 Å². The van der Waals surface area contributed by atoms with Crippen LogP contribution < -0.4 is 5.73 Å². The van der Waals surface area contributed by atoms with Crippen molar-refractivity contribution in [2.75, 3.05) is 5.73 Å². The third-order valence-electron chi connectivity index (χ3n) is 4.28. The molecule has 0 fully saturated rings. The molecule has 106 valence electrons. The van der Waals surface area contributed by atoms with Crippen LogP contribution >= 0.6 is 11.6 Å². The molecule has 2 aromatic heterocycles. The van der Waals surface area contributed by atoms with Crippen molar-refractivity contribution < 1.29 is 0 Å². The number of anilines is 1. The molecule has 0 unspecified atom stereocenters. The van der Waals surface area contributed by atoms with E-state index in [0.717, 1.165) is 28.9 Å². The molecule has 1 aromatic carbocycles. The second-order valence-corrected chi connectivity index (χ2v) is 6.15. The van der Waals surface area contributed by atoms with Gasteiger partial charge in [-0.25, -0.2) is 4.98 Å². The van der Waals surface area contributed by atoms with Crippen LogP contribution in [0.5, 0.6) is 0 Å². The third-order valence-corrected chi connectivity index (χ3v) is 4.49. The number of nitrogen functional groups attached to an aromatic ring is 1. The van der Waals surface area contributed by atoms with Crippen LogP contribution in [-0.2, 0) is 12.8 Å². The standard InChI is InChI=1S/C17H16ClN3/c1-10-7-14(18)9-21-16(19)15(20-17(10)21)13-6-5-11-3-2-4-12(11)8-13/h5-9H,2-4,19H2,1H3. The van der Waals surface area contributed by atoms with E-state index in [-0.39, 0.29) is 0 Å². The molecule has 3 aromatic rings. The van der Waals surface area contributed by atoms with Crippen LogP contribution in [0.15, 0.2) is 30.5 Å². The van der Waals surface area contributed by atoms with Crippen molar-refractivity contribution in [2.45, 2.75) is 26.2 Å². The predicted octanol–water partition coefficient (Wildman–Crippen LogP) is 4.03. The lowest BCUT2D eigenvalue weighted by atomic mass is 10.0. The minimum absolute atomic E-state index is 0.647. The van der Waals surface area contributed by atoms with Crippen molar-refractivity contribution in [1.82, 2.24) is 9.38 Å². The molecule has 4 rings (SSSR count). The first-order valence-electron chi connectivity index (χ1n) is 7.19. The molecule has 0 saturated heterocycles. The normalized spacial score (nSPS) is 13.8. The highest BCUT2D eigenvalue weighted by molar-refractivity contribution is 6.30. The van der Waals surface area contributed by atoms with Gasteiger partial charge in [0.1, 0.15) is 17.2 Å². The second-order valence-electron chi connectivity index (χ2n) is 5.72. The Bertz CT molecular complexity index is 864. The Balaban J connectivity index is 1.94. The molecular weight excluding hydrogens is 282 g/mol. The van der Waals surface area contributed by atoms with E-state index in [4.69, 9.17) is 22.3 Å². The fourth-order valence-electron chi connectivity index (χ4n) is 3.22. The maximum atomic E-state index is 6.30. The number of pyridine rings is 1. The molecule has 2 N–H and O–H groups in total. The van der Waals surface area contributed by atoms with Crippen LogP contribution in [0.4, 0.5) is 5.82 Å². The van der Waals surface area contributed by atoms with Gasteiger partial charge in [-0.2, -0.15) is 0 Å². The van der Waals surface area contributed by atoms with E-state index in [1.165, 1.54) is 24.0 Å². The summed E-state index contributed by atoms with van der Waals surface area (Å²) in [5, 5.41) is 0.671.